The summed E-state index contributed by atoms with van der Waals surface area (Å²) < 4.78 is 36.2. The molecule has 3 rings (SSSR count). The number of sulfone groups is 1. The molecule has 1 aromatic carbocycles. The van der Waals surface area contributed by atoms with E-state index in [1.54, 1.807) is 6.07 Å². The van der Waals surface area contributed by atoms with Gasteiger partial charge in [-0.05, 0) is 18.2 Å². The van der Waals surface area contributed by atoms with Crippen LogP contribution in [0.25, 0.3) is 11.0 Å². The van der Waals surface area contributed by atoms with Gasteiger partial charge < -0.3 is 10.3 Å². The smallest absolute Gasteiger partial charge is 0.153 e. The Morgan fingerprint density at radius 3 is 3.05 bits per heavy atom. The summed E-state index contributed by atoms with van der Waals surface area (Å²) >= 11 is 0. The van der Waals surface area contributed by atoms with Gasteiger partial charge in [0.25, 0.3) is 0 Å². The molecule has 1 saturated heterocycles. The van der Waals surface area contributed by atoms with Crippen LogP contribution in [-0.4, -0.2) is 42.5 Å². The second kappa shape index (κ2) is 4.57. The molecule has 0 amide bonds. The van der Waals surface area contributed by atoms with Crippen molar-refractivity contribution in [3.8, 4) is 0 Å². The highest BCUT2D eigenvalue weighted by Crippen LogP contribution is 2.14. The lowest BCUT2D eigenvalue weighted by Crippen LogP contribution is -2.46. The molecular formula is C12H14FN3O2S. The lowest BCUT2D eigenvalue weighted by Gasteiger charge is -2.22. The minimum Gasteiger partial charge on any atom is -0.342 e. The zero-order valence-corrected chi connectivity index (χ0v) is 11.0. The van der Waals surface area contributed by atoms with Crippen molar-refractivity contribution in [1.29, 1.82) is 0 Å². The first-order valence-corrected chi connectivity index (χ1v) is 7.92. The molecule has 2 aromatic rings. The molecule has 7 heteroatoms. The van der Waals surface area contributed by atoms with Gasteiger partial charge in [0.15, 0.2) is 9.84 Å². The molecule has 0 radical (unpaired) electrons. The van der Waals surface area contributed by atoms with Crippen LogP contribution in [0.2, 0.25) is 0 Å². The molecule has 5 nitrogen and oxygen atoms in total. The van der Waals surface area contributed by atoms with Crippen molar-refractivity contribution in [1.82, 2.24) is 15.3 Å². The lowest BCUT2D eigenvalue weighted by molar-refractivity contribution is 0.510. The van der Waals surface area contributed by atoms with Gasteiger partial charge in [0.05, 0.1) is 22.5 Å². The monoisotopic (exact) mass is 283 g/mol. The van der Waals surface area contributed by atoms with E-state index < -0.39 is 9.84 Å². The van der Waals surface area contributed by atoms with Gasteiger partial charge in [-0.1, -0.05) is 0 Å². The normalized spacial score (nSPS) is 22.7. The highest BCUT2D eigenvalue weighted by molar-refractivity contribution is 7.91. The van der Waals surface area contributed by atoms with Gasteiger partial charge in [-0.15, -0.1) is 0 Å². The van der Waals surface area contributed by atoms with Gasteiger partial charge in [-0.2, -0.15) is 0 Å². The summed E-state index contributed by atoms with van der Waals surface area (Å²) in [4.78, 5) is 7.36. The molecule has 19 heavy (non-hydrogen) atoms. The highest BCUT2D eigenvalue weighted by atomic mass is 32.2. The van der Waals surface area contributed by atoms with Gasteiger partial charge in [0.1, 0.15) is 11.6 Å². The number of rotatable bonds is 2. The fourth-order valence-corrected chi connectivity index (χ4v) is 3.81. The maximum Gasteiger partial charge on any atom is 0.153 e. The first kappa shape index (κ1) is 12.6. The highest BCUT2D eigenvalue weighted by Gasteiger charge is 2.25. The fourth-order valence-electron chi connectivity index (χ4n) is 2.36. The van der Waals surface area contributed by atoms with Gasteiger partial charge in [0, 0.05) is 19.0 Å². The molecule has 102 valence electrons. The second-order valence-corrected chi connectivity index (χ2v) is 7.04. The average Bonchev–Trinajstić information content (AvgIpc) is 2.68. The third-order valence-electron chi connectivity index (χ3n) is 3.23. The van der Waals surface area contributed by atoms with Crippen molar-refractivity contribution in [2.24, 2.45) is 0 Å². The van der Waals surface area contributed by atoms with Crippen molar-refractivity contribution in [3.05, 3.63) is 29.8 Å². The molecule has 1 atom stereocenters. The van der Waals surface area contributed by atoms with Crippen LogP contribution in [0.15, 0.2) is 18.2 Å². The van der Waals surface area contributed by atoms with Gasteiger partial charge in [0.2, 0.25) is 0 Å². The molecule has 1 unspecified atom stereocenters. The topological polar surface area (TPSA) is 74.8 Å². The summed E-state index contributed by atoms with van der Waals surface area (Å²) in [5.74, 6) is 0.670. The summed E-state index contributed by atoms with van der Waals surface area (Å²) in [5.41, 5.74) is 1.32. The molecule has 1 aliphatic heterocycles. The number of hydrogen-bond acceptors (Lipinski definition) is 4. The molecule has 2 N–H and O–H groups in total. The van der Waals surface area contributed by atoms with E-state index in [4.69, 9.17) is 0 Å². The number of aromatic nitrogens is 2. The van der Waals surface area contributed by atoms with Crippen LogP contribution in [0.3, 0.4) is 0 Å². The predicted molar refractivity (Wildman–Crippen MR) is 70.2 cm³/mol. The second-order valence-electron chi connectivity index (χ2n) is 4.81. The molecular weight excluding hydrogens is 269 g/mol. The molecule has 0 bridgehead atoms. The molecule has 0 spiro atoms. The molecule has 1 aliphatic rings. The Balaban J connectivity index is 1.81. The first-order valence-electron chi connectivity index (χ1n) is 6.10. The van der Waals surface area contributed by atoms with Crippen LogP contribution in [-0.2, 0) is 16.3 Å². The zero-order valence-electron chi connectivity index (χ0n) is 10.2. The Hall–Kier alpha value is -1.47. The lowest BCUT2D eigenvalue weighted by atomic mass is 10.2. The number of imidazole rings is 1. The number of aromatic amines is 1. The van der Waals surface area contributed by atoms with Crippen molar-refractivity contribution < 1.29 is 12.8 Å². The number of H-pyrrole nitrogens is 1. The standard InChI is InChI=1S/C12H14FN3O2S/c13-8-1-2-10-11(5-8)16-12(15-10)6-9-7-19(17,18)4-3-14-9/h1-2,5,9,14H,3-4,6-7H2,(H,15,16). The fraction of sp³-hybridized carbons (Fsp3) is 0.417. The van der Waals surface area contributed by atoms with Crippen molar-refractivity contribution in [2.45, 2.75) is 12.5 Å². The van der Waals surface area contributed by atoms with E-state index in [1.165, 1.54) is 12.1 Å². The maximum atomic E-state index is 13.1. The van der Waals surface area contributed by atoms with E-state index in [0.29, 0.717) is 29.8 Å². The Morgan fingerprint density at radius 2 is 2.26 bits per heavy atom. The molecule has 2 heterocycles. The van der Waals surface area contributed by atoms with Crippen molar-refractivity contribution in [2.75, 3.05) is 18.1 Å². The third kappa shape index (κ3) is 2.76. The summed E-state index contributed by atoms with van der Waals surface area (Å²) in [7, 11) is -2.95. The van der Waals surface area contributed by atoms with E-state index in [-0.39, 0.29) is 23.4 Å². The average molecular weight is 283 g/mol. The summed E-state index contributed by atoms with van der Waals surface area (Å²) in [6.45, 7) is 0.474. The van der Waals surface area contributed by atoms with Crippen molar-refractivity contribution in [3.63, 3.8) is 0 Å². The molecule has 1 aromatic heterocycles. The Morgan fingerprint density at radius 1 is 1.42 bits per heavy atom. The van der Waals surface area contributed by atoms with Crippen LogP contribution >= 0.6 is 0 Å². The largest absolute Gasteiger partial charge is 0.342 e. The minimum atomic E-state index is -2.95. The summed E-state index contributed by atoms with van der Waals surface area (Å²) in [6, 6.07) is 4.22. The van der Waals surface area contributed by atoms with E-state index in [9.17, 15) is 12.8 Å². The Kier molecular flexibility index (Phi) is 3.02. The van der Waals surface area contributed by atoms with E-state index in [1.807, 2.05) is 0 Å². The third-order valence-corrected chi connectivity index (χ3v) is 4.97. The van der Waals surface area contributed by atoms with Gasteiger partial charge in [-0.3, -0.25) is 0 Å². The Bertz CT molecular complexity index is 711. The number of nitrogens with one attached hydrogen (secondary N) is 2. The van der Waals surface area contributed by atoms with E-state index >= 15 is 0 Å². The minimum absolute atomic E-state index is 0.123. The van der Waals surface area contributed by atoms with Gasteiger partial charge in [-0.25, -0.2) is 17.8 Å². The number of benzene rings is 1. The van der Waals surface area contributed by atoms with Crippen LogP contribution in [0, 0.1) is 5.82 Å². The van der Waals surface area contributed by atoms with Crippen LogP contribution in [0.1, 0.15) is 5.82 Å². The van der Waals surface area contributed by atoms with Crippen LogP contribution < -0.4 is 5.32 Å². The molecule has 0 saturated carbocycles. The number of halogens is 1. The van der Waals surface area contributed by atoms with Crippen LogP contribution in [0.5, 0.6) is 0 Å². The van der Waals surface area contributed by atoms with E-state index in [0.717, 1.165) is 0 Å². The molecule has 1 fully saturated rings. The summed E-state index contributed by atoms with van der Waals surface area (Å²) in [5, 5.41) is 3.17. The quantitative estimate of drug-likeness (QED) is 0.848. The predicted octanol–water partition coefficient (Wildman–Crippen LogP) is 0.631. The maximum absolute atomic E-state index is 13.1. The van der Waals surface area contributed by atoms with Gasteiger partial charge >= 0.3 is 0 Å². The number of hydrogen-bond donors (Lipinski definition) is 2. The van der Waals surface area contributed by atoms with Crippen LogP contribution in [0.4, 0.5) is 4.39 Å². The van der Waals surface area contributed by atoms with Crippen molar-refractivity contribution >= 4 is 20.9 Å². The summed E-state index contributed by atoms with van der Waals surface area (Å²) in [6.07, 6.45) is 0.496. The van der Waals surface area contributed by atoms with E-state index in [2.05, 4.69) is 15.3 Å². The Labute approximate surface area is 110 Å². The number of fused-ring (bicyclic) bond motifs is 1. The zero-order chi connectivity index (χ0) is 13.5. The molecule has 0 aliphatic carbocycles. The first-order chi connectivity index (χ1) is 9.02. The number of nitrogens with zero attached hydrogens (tertiary/aromatic N) is 1. The SMILES string of the molecule is O=S1(=O)CCNC(Cc2nc3ccc(F)cc3[nH]2)C1.